The largest absolute Gasteiger partial charge is 0.452 e. The van der Waals surface area contributed by atoms with Gasteiger partial charge in [0.25, 0.3) is 5.91 Å². The quantitative estimate of drug-likeness (QED) is 0.655. The summed E-state index contributed by atoms with van der Waals surface area (Å²) >= 11 is 5.74. The van der Waals surface area contributed by atoms with Crippen molar-refractivity contribution in [3.8, 4) is 6.07 Å². The normalized spacial score (nSPS) is 9.65. The molecule has 0 bridgehead atoms. The van der Waals surface area contributed by atoms with Gasteiger partial charge in [-0.05, 0) is 18.2 Å². The minimum absolute atomic E-state index is 0.222. The maximum absolute atomic E-state index is 11.7. The average molecular weight is 296 g/mol. The monoisotopic (exact) mass is 295 g/mol. The number of amides is 1. The first-order chi connectivity index (χ1) is 9.45. The minimum Gasteiger partial charge on any atom is -0.452 e. The number of nitrogens with zero attached hydrogens (tertiary/aromatic N) is 2. The summed E-state index contributed by atoms with van der Waals surface area (Å²) in [6, 6.07) is 6.25. The topological polar surface area (TPSA) is 96.4 Å². The fourth-order valence-electron chi connectivity index (χ4n) is 1.33. The number of carbonyl (C=O) groups is 2. The van der Waals surface area contributed by atoms with E-state index in [-0.39, 0.29) is 30.2 Å². The third-order valence-electron chi connectivity index (χ3n) is 2.54. The summed E-state index contributed by atoms with van der Waals surface area (Å²) in [6.45, 7) is -0.0932. The predicted molar refractivity (Wildman–Crippen MR) is 74.0 cm³/mol. The molecule has 0 spiro atoms. The van der Waals surface area contributed by atoms with Crippen molar-refractivity contribution in [3.05, 3.63) is 28.8 Å². The third kappa shape index (κ3) is 4.44. The van der Waals surface area contributed by atoms with Gasteiger partial charge in [0.05, 0.1) is 28.8 Å². The van der Waals surface area contributed by atoms with Crippen LogP contribution in [-0.4, -0.2) is 37.0 Å². The summed E-state index contributed by atoms with van der Waals surface area (Å²) in [7, 11) is 1.54. The van der Waals surface area contributed by atoms with E-state index in [0.717, 1.165) is 0 Å². The molecule has 0 atom stereocenters. The van der Waals surface area contributed by atoms with E-state index in [1.165, 1.54) is 30.1 Å². The van der Waals surface area contributed by atoms with E-state index in [9.17, 15) is 9.59 Å². The van der Waals surface area contributed by atoms with E-state index in [1.54, 1.807) is 0 Å². The Morgan fingerprint density at radius 2 is 2.20 bits per heavy atom. The predicted octanol–water partition coefficient (Wildman–Crippen LogP) is 1.45. The lowest BCUT2D eigenvalue weighted by Crippen LogP contribution is -2.31. The second-order valence-corrected chi connectivity index (χ2v) is 4.44. The first kappa shape index (κ1) is 15.8. The van der Waals surface area contributed by atoms with Gasteiger partial charge in [0.15, 0.2) is 6.61 Å². The maximum atomic E-state index is 11.7. The van der Waals surface area contributed by atoms with Crippen molar-refractivity contribution < 1.29 is 14.3 Å². The third-order valence-corrected chi connectivity index (χ3v) is 2.89. The minimum atomic E-state index is -0.657. The maximum Gasteiger partial charge on any atom is 0.338 e. The van der Waals surface area contributed by atoms with Crippen LogP contribution in [0.2, 0.25) is 5.02 Å². The molecule has 7 heteroatoms. The van der Waals surface area contributed by atoms with Crippen molar-refractivity contribution in [1.82, 2.24) is 4.90 Å². The first-order valence-electron chi connectivity index (χ1n) is 5.78. The van der Waals surface area contributed by atoms with Gasteiger partial charge < -0.3 is 15.4 Å². The van der Waals surface area contributed by atoms with Gasteiger partial charge in [0.2, 0.25) is 0 Å². The van der Waals surface area contributed by atoms with Crippen molar-refractivity contribution in [1.29, 1.82) is 5.26 Å². The zero-order chi connectivity index (χ0) is 15.1. The number of rotatable bonds is 5. The molecule has 1 amide bonds. The molecule has 0 unspecified atom stereocenters. The summed E-state index contributed by atoms with van der Waals surface area (Å²) in [5.41, 5.74) is 6.06. The fourth-order valence-corrected chi connectivity index (χ4v) is 1.45. The lowest BCUT2D eigenvalue weighted by molar-refractivity contribution is -0.133. The Balaban J connectivity index is 2.53. The Hall–Kier alpha value is -2.26. The van der Waals surface area contributed by atoms with Crippen LogP contribution in [0.3, 0.4) is 0 Å². The Morgan fingerprint density at radius 1 is 1.50 bits per heavy atom. The van der Waals surface area contributed by atoms with Crippen molar-refractivity contribution in [2.24, 2.45) is 0 Å². The van der Waals surface area contributed by atoms with Gasteiger partial charge in [-0.15, -0.1) is 0 Å². The highest BCUT2D eigenvalue weighted by Crippen LogP contribution is 2.19. The van der Waals surface area contributed by atoms with Gasteiger partial charge in [-0.2, -0.15) is 5.26 Å². The molecule has 6 nitrogen and oxygen atoms in total. The van der Waals surface area contributed by atoms with E-state index in [1.807, 2.05) is 6.07 Å². The number of hydrogen-bond acceptors (Lipinski definition) is 5. The second-order valence-electron chi connectivity index (χ2n) is 4.04. The standard InChI is InChI=1S/C13H14ClN3O3/c1-17(6-2-5-15)12(18)8-20-13(19)9-3-4-10(14)11(16)7-9/h3-4,7H,2,6,8,16H2,1H3. The van der Waals surface area contributed by atoms with Gasteiger partial charge >= 0.3 is 5.97 Å². The number of nitrogens with two attached hydrogens (primary N) is 1. The Labute approximate surface area is 121 Å². The molecule has 1 aromatic carbocycles. The highest BCUT2D eigenvalue weighted by molar-refractivity contribution is 6.33. The molecule has 0 aliphatic heterocycles. The van der Waals surface area contributed by atoms with Crippen LogP contribution in [0.15, 0.2) is 18.2 Å². The van der Waals surface area contributed by atoms with Crippen LogP contribution in [0.1, 0.15) is 16.8 Å². The van der Waals surface area contributed by atoms with E-state index in [2.05, 4.69) is 0 Å². The summed E-state index contributed by atoms with van der Waals surface area (Å²) in [5.74, 6) is -1.04. The van der Waals surface area contributed by atoms with Crippen molar-refractivity contribution >= 4 is 29.2 Å². The number of nitriles is 1. The summed E-state index contributed by atoms with van der Waals surface area (Å²) in [4.78, 5) is 24.6. The number of benzene rings is 1. The lowest BCUT2D eigenvalue weighted by atomic mass is 10.2. The molecule has 0 saturated heterocycles. The first-order valence-corrected chi connectivity index (χ1v) is 6.16. The molecule has 0 aliphatic carbocycles. The Morgan fingerprint density at radius 3 is 2.80 bits per heavy atom. The van der Waals surface area contributed by atoms with Crippen molar-refractivity contribution in [3.63, 3.8) is 0 Å². The average Bonchev–Trinajstić information content (AvgIpc) is 2.44. The second kappa shape index (κ2) is 7.36. The zero-order valence-electron chi connectivity index (χ0n) is 10.9. The SMILES string of the molecule is CN(CCC#N)C(=O)COC(=O)c1ccc(Cl)c(N)c1. The molecular formula is C13H14ClN3O3. The van der Waals surface area contributed by atoms with Crippen LogP contribution in [-0.2, 0) is 9.53 Å². The van der Waals surface area contributed by atoms with Crippen LogP contribution >= 0.6 is 11.6 Å². The smallest absolute Gasteiger partial charge is 0.338 e. The molecule has 1 rings (SSSR count). The molecule has 106 valence electrons. The fraction of sp³-hybridized carbons (Fsp3) is 0.308. The number of esters is 1. The molecule has 2 N–H and O–H groups in total. The summed E-state index contributed by atoms with van der Waals surface area (Å²) in [5, 5.41) is 8.76. The van der Waals surface area contributed by atoms with Gasteiger partial charge in [-0.3, -0.25) is 4.79 Å². The number of carbonyl (C=O) groups excluding carboxylic acids is 2. The zero-order valence-corrected chi connectivity index (χ0v) is 11.7. The molecule has 20 heavy (non-hydrogen) atoms. The molecule has 0 fully saturated rings. The highest BCUT2D eigenvalue weighted by atomic mass is 35.5. The van der Waals surface area contributed by atoms with Crippen molar-refractivity contribution in [2.45, 2.75) is 6.42 Å². The van der Waals surface area contributed by atoms with E-state index in [0.29, 0.717) is 11.6 Å². The number of halogens is 1. The number of anilines is 1. The van der Waals surface area contributed by atoms with Crippen LogP contribution < -0.4 is 5.73 Å². The molecule has 1 aromatic rings. The summed E-state index contributed by atoms with van der Waals surface area (Å²) in [6.07, 6.45) is 0.226. The summed E-state index contributed by atoms with van der Waals surface area (Å²) < 4.78 is 4.87. The molecule has 0 saturated carbocycles. The highest BCUT2D eigenvalue weighted by Gasteiger charge is 2.14. The number of nitrogen functional groups attached to an aromatic ring is 1. The van der Waals surface area contributed by atoms with Crippen LogP contribution in [0, 0.1) is 11.3 Å². The van der Waals surface area contributed by atoms with Crippen LogP contribution in [0.25, 0.3) is 0 Å². The Bertz CT molecular complexity index is 554. The molecule has 0 aromatic heterocycles. The van der Waals surface area contributed by atoms with E-state index >= 15 is 0 Å². The van der Waals surface area contributed by atoms with Gasteiger partial charge in [-0.25, -0.2) is 4.79 Å². The van der Waals surface area contributed by atoms with Crippen LogP contribution in [0.4, 0.5) is 5.69 Å². The number of hydrogen-bond donors (Lipinski definition) is 1. The van der Waals surface area contributed by atoms with E-state index in [4.69, 9.17) is 27.3 Å². The molecular weight excluding hydrogens is 282 g/mol. The van der Waals surface area contributed by atoms with Crippen molar-refractivity contribution in [2.75, 3.05) is 25.9 Å². The van der Waals surface area contributed by atoms with Gasteiger partial charge in [0.1, 0.15) is 0 Å². The lowest BCUT2D eigenvalue weighted by Gasteiger charge is -2.15. The van der Waals surface area contributed by atoms with E-state index < -0.39 is 5.97 Å². The van der Waals surface area contributed by atoms with Gasteiger partial charge in [-0.1, -0.05) is 11.6 Å². The number of ether oxygens (including phenoxy) is 1. The number of likely N-dealkylation sites (N-methyl/N-ethyl adjacent to an activating group) is 1. The van der Waals surface area contributed by atoms with Gasteiger partial charge in [0, 0.05) is 13.6 Å². The molecule has 0 aliphatic rings. The molecule has 0 heterocycles. The van der Waals surface area contributed by atoms with Crippen LogP contribution in [0.5, 0.6) is 0 Å². The molecule has 0 radical (unpaired) electrons. The Kier molecular flexibility index (Phi) is 5.81.